The number of carbonyl (C=O) groups excluding carboxylic acids is 2. The second-order valence-electron chi connectivity index (χ2n) is 21.3. The number of epoxide rings is 1. The van der Waals surface area contributed by atoms with Crippen LogP contribution in [0.1, 0.15) is 147 Å². The first-order valence-electron chi connectivity index (χ1n) is 22.5. The van der Waals surface area contributed by atoms with Crippen LogP contribution in [0.3, 0.4) is 0 Å². The lowest BCUT2D eigenvalue weighted by Crippen LogP contribution is -2.66. The number of rotatable bonds is 9. The number of benzene rings is 2. The van der Waals surface area contributed by atoms with Crippen molar-refractivity contribution in [1.82, 2.24) is 5.32 Å². The number of phenols is 1. The third kappa shape index (κ3) is 5.59. The van der Waals surface area contributed by atoms with Crippen molar-refractivity contribution in [3.8, 4) is 5.75 Å². The van der Waals surface area contributed by atoms with Crippen molar-refractivity contribution in [3.05, 3.63) is 70.3 Å². The summed E-state index contributed by atoms with van der Waals surface area (Å²) in [4.78, 5) is 29.5. The maximum Gasteiger partial charge on any atom is 0.163 e. The average molecular weight is 777 g/mol. The minimum atomic E-state index is -0.631. The highest BCUT2D eigenvalue weighted by atomic mass is 16.6. The van der Waals surface area contributed by atoms with Crippen molar-refractivity contribution in [1.29, 1.82) is 0 Å². The molecule has 6 fully saturated rings. The predicted molar refractivity (Wildman–Crippen MR) is 224 cm³/mol. The highest BCUT2D eigenvalue weighted by Crippen LogP contribution is 2.78. The number of hydrogen-bond donors (Lipinski definition) is 4. The molecule has 6 aliphatic carbocycles. The van der Waals surface area contributed by atoms with E-state index in [9.17, 15) is 19.8 Å². The first kappa shape index (κ1) is 39.5. The molecule has 1 heterocycles. The molecule has 13 atom stereocenters. The largest absolute Gasteiger partial charge is 0.508 e. The van der Waals surface area contributed by atoms with Gasteiger partial charge in [0.1, 0.15) is 17.6 Å². The van der Waals surface area contributed by atoms with Gasteiger partial charge in [-0.15, -0.1) is 0 Å². The van der Waals surface area contributed by atoms with Crippen LogP contribution in [0.15, 0.2) is 53.6 Å². The van der Waals surface area contributed by atoms with Crippen LogP contribution < -0.4 is 11.1 Å². The summed E-state index contributed by atoms with van der Waals surface area (Å²) in [6, 6.07) is 14.1. The second-order valence-corrected chi connectivity index (χ2v) is 21.3. The van der Waals surface area contributed by atoms with E-state index in [1.165, 1.54) is 11.1 Å². The van der Waals surface area contributed by atoms with Gasteiger partial charge in [-0.1, -0.05) is 71.2 Å². The number of allylic oxidation sites excluding steroid dienone is 2. The van der Waals surface area contributed by atoms with E-state index < -0.39 is 11.5 Å². The summed E-state index contributed by atoms with van der Waals surface area (Å²) in [6.07, 6.45) is 11.0. The summed E-state index contributed by atoms with van der Waals surface area (Å²) in [5.41, 5.74) is 11.5. The molecule has 1 saturated heterocycles. The average Bonchev–Trinajstić information content (AvgIpc) is 3.48. The zero-order valence-corrected chi connectivity index (χ0v) is 35.6. The molecule has 0 amide bonds. The van der Waals surface area contributed by atoms with Gasteiger partial charge in [0.2, 0.25) is 0 Å². The topological polar surface area (TPSA) is 125 Å². The number of nitrogen functional groups attached to an aromatic ring is 1. The van der Waals surface area contributed by atoms with Crippen molar-refractivity contribution in [3.63, 3.8) is 0 Å². The van der Waals surface area contributed by atoms with Crippen LogP contribution in [-0.2, 0) is 20.9 Å². The van der Waals surface area contributed by atoms with E-state index in [0.29, 0.717) is 42.3 Å². The molecule has 1 spiro atoms. The number of ether oxygens (including phenoxy) is 1. The van der Waals surface area contributed by atoms with Gasteiger partial charge >= 0.3 is 0 Å². The van der Waals surface area contributed by atoms with Gasteiger partial charge in [0.15, 0.2) is 5.78 Å². The third-order valence-corrected chi connectivity index (χ3v) is 18.4. The zero-order chi connectivity index (χ0) is 40.4. The molecule has 5 N–H and O–H groups in total. The molecular weight excluding hydrogens is 709 g/mol. The van der Waals surface area contributed by atoms with Crippen molar-refractivity contribution in [2.75, 3.05) is 12.8 Å². The fourth-order valence-electron chi connectivity index (χ4n) is 16.1. The number of anilines is 1. The summed E-state index contributed by atoms with van der Waals surface area (Å²) in [6.45, 7) is 14.4. The molecule has 9 rings (SSSR count). The summed E-state index contributed by atoms with van der Waals surface area (Å²) in [5.74, 6) is 1.93. The maximum absolute atomic E-state index is 14.9. The zero-order valence-electron chi connectivity index (χ0n) is 35.6. The number of phenolic OH excluding ortho intramolecular Hbond substituents is 1. The van der Waals surface area contributed by atoms with Crippen LogP contribution in [0.2, 0.25) is 0 Å². The Morgan fingerprint density at radius 2 is 1.72 bits per heavy atom. The molecule has 0 aromatic heterocycles. The maximum atomic E-state index is 14.9. The first-order chi connectivity index (χ1) is 27.0. The fraction of sp³-hybridized carbons (Fsp3) is 0.680. The molecular formula is C50H68N2O5. The number of aliphatic hydroxyl groups is 1. The fourth-order valence-corrected chi connectivity index (χ4v) is 16.1. The number of nitrogens with one attached hydrogen (secondary N) is 1. The molecule has 308 valence electrons. The van der Waals surface area contributed by atoms with Gasteiger partial charge in [-0.2, -0.15) is 0 Å². The minimum Gasteiger partial charge on any atom is -0.508 e. The Hall–Kier alpha value is -3.00. The SMILES string of the molecule is CNCc1cc(O)cc([C@H]2C[C@@]3(C)[C@H]4CCC5=C([C@H](C)C[C@@H](O)[C@H]6O[C@]6(C)[C@@H]6CCC[C@H]6c6cccc(N)c6)C(=O)[C@H]6CCC[C@@]4(CC[C@H]3C(C)(C)C2=O)[C@]56C)c1. The normalized spacial score (nSPS) is 41.6. The summed E-state index contributed by atoms with van der Waals surface area (Å²) < 4.78 is 6.52. The molecule has 7 heteroatoms. The van der Waals surface area contributed by atoms with Crippen molar-refractivity contribution in [2.45, 2.75) is 155 Å². The number of nitrogens with two attached hydrogens (primary N) is 1. The second kappa shape index (κ2) is 13.5. The Kier molecular flexibility index (Phi) is 9.35. The van der Waals surface area contributed by atoms with Crippen LogP contribution in [0.5, 0.6) is 5.75 Å². The van der Waals surface area contributed by atoms with E-state index in [1.54, 1.807) is 6.07 Å². The lowest BCUT2D eigenvalue weighted by Gasteiger charge is -2.71. The number of aromatic hydroxyl groups is 1. The number of fused-ring (bicyclic) bond motifs is 2. The Labute approximate surface area is 341 Å². The predicted octanol–water partition coefficient (Wildman–Crippen LogP) is 9.40. The van der Waals surface area contributed by atoms with E-state index in [0.717, 1.165) is 93.0 Å². The standard InChI is InChI=1S/C50H68N2O5/c1-28(21-39(54)45-49(6,57-45)36-14-9-13-34(36)30-11-8-12-32(51)24-30)42-37-16-17-41-47(4)26-35(31-22-29(27-52-7)23-33(53)25-31)44(56)46(2,3)40(47)18-20-50(41)19-10-15-38(43(42)55)48(37,50)5/h8,11-12,22-25,28,34-36,38-41,45,52-54H,9-10,13-21,26-27,51H2,1-7H3/t28-,34+,35-,36-,38-,39-,40+,41-,45-,47-,48-,49-,50+/m1/s1. The van der Waals surface area contributed by atoms with Crippen molar-refractivity contribution in [2.24, 2.45) is 51.2 Å². The summed E-state index contributed by atoms with van der Waals surface area (Å²) in [7, 11) is 1.91. The van der Waals surface area contributed by atoms with Gasteiger partial charge < -0.3 is 26.0 Å². The highest BCUT2D eigenvalue weighted by Gasteiger charge is 2.73. The van der Waals surface area contributed by atoms with Gasteiger partial charge in [0.05, 0.1) is 11.7 Å². The lowest BCUT2D eigenvalue weighted by molar-refractivity contribution is -0.206. The quantitative estimate of drug-likeness (QED) is 0.148. The van der Waals surface area contributed by atoms with Gasteiger partial charge in [0, 0.05) is 34.9 Å². The van der Waals surface area contributed by atoms with Crippen LogP contribution in [0.4, 0.5) is 5.69 Å². The van der Waals surface area contributed by atoms with Gasteiger partial charge in [-0.05, 0) is 165 Å². The van der Waals surface area contributed by atoms with Gasteiger partial charge in [-0.25, -0.2) is 0 Å². The number of carbonyl (C=O) groups is 2. The Bertz CT molecular complexity index is 2000. The van der Waals surface area contributed by atoms with Crippen molar-refractivity contribution < 1.29 is 24.5 Å². The highest BCUT2D eigenvalue weighted by molar-refractivity contribution is 6.02. The van der Waals surface area contributed by atoms with Crippen LogP contribution in [0, 0.1) is 51.2 Å². The van der Waals surface area contributed by atoms with E-state index >= 15 is 0 Å². The Balaban J connectivity index is 1.00. The lowest BCUT2D eigenvalue weighted by atomic mass is 9.32. The van der Waals surface area contributed by atoms with Crippen LogP contribution in [0.25, 0.3) is 0 Å². The van der Waals surface area contributed by atoms with Crippen LogP contribution >= 0.6 is 0 Å². The molecule has 57 heavy (non-hydrogen) atoms. The summed E-state index contributed by atoms with van der Waals surface area (Å²) in [5, 5.41) is 26.0. The molecule has 2 aromatic rings. The summed E-state index contributed by atoms with van der Waals surface area (Å²) >= 11 is 0. The Morgan fingerprint density at radius 3 is 2.47 bits per heavy atom. The molecule has 2 aromatic carbocycles. The van der Waals surface area contributed by atoms with Crippen molar-refractivity contribution >= 4 is 17.3 Å². The first-order valence-corrected chi connectivity index (χ1v) is 22.5. The number of ketones is 2. The number of hydrogen-bond acceptors (Lipinski definition) is 7. The molecule has 0 radical (unpaired) electrons. The van der Waals surface area contributed by atoms with Gasteiger partial charge in [-0.3, -0.25) is 9.59 Å². The monoisotopic (exact) mass is 777 g/mol. The minimum absolute atomic E-state index is 0.00186. The third-order valence-electron chi connectivity index (χ3n) is 18.4. The van der Waals surface area contributed by atoms with E-state index in [2.05, 4.69) is 65.1 Å². The molecule has 7 nitrogen and oxygen atoms in total. The molecule has 0 bridgehead atoms. The molecule has 5 saturated carbocycles. The van der Waals surface area contributed by atoms with E-state index in [4.69, 9.17) is 10.5 Å². The smallest absolute Gasteiger partial charge is 0.163 e. The Morgan fingerprint density at radius 1 is 0.930 bits per heavy atom. The molecule has 1 aliphatic heterocycles. The number of Topliss-reactive ketones (excluding diaryl/α,β-unsaturated/α-hetero) is 2. The molecule has 0 unspecified atom stereocenters. The molecule has 7 aliphatic rings. The van der Waals surface area contributed by atoms with Crippen LogP contribution in [-0.4, -0.2) is 46.6 Å². The van der Waals surface area contributed by atoms with Gasteiger partial charge in [0.25, 0.3) is 0 Å². The van der Waals surface area contributed by atoms with E-state index in [1.807, 2.05) is 25.2 Å². The van der Waals surface area contributed by atoms with E-state index in [-0.39, 0.29) is 57.4 Å². The number of aliphatic hydroxyl groups excluding tert-OH is 1.